The molecule has 0 saturated carbocycles. The average molecular weight is 415 g/mol. The molecule has 8 heteroatoms. The summed E-state index contributed by atoms with van der Waals surface area (Å²) in [6, 6.07) is 5.77. The molecule has 2 amide bonds. The average Bonchev–Trinajstić information content (AvgIpc) is 2.65. The number of ether oxygens (including phenoxy) is 2. The van der Waals surface area contributed by atoms with Crippen LogP contribution in [0.1, 0.15) is 53.0 Å². The molecule has 0 bridgehead atoms. The third kappa shape index (κ3) is 3.48. The minimum Gasteiger partial charge on any atom is -0.483 e. The molecule has 2 unspecified atom stereocenters. The maximum atomic E-state index is 12.3. The van der Waals surface area contributed by atoms with Crippen LogP contribution in [0.2, 0.25) is 0 Å². The summed E-state index contributed by atoms with van der Waals surface area (Å²) in [5, 5.41) is 4.15. The lowest BCUT2D eigenvalue weighted by Gasteiger charge is -2.51. The molecule has 1 aromatic carbocycles. The van der Waals surface area contributed by atoms with E-state index < -0.39 is 5.60 Å². The van der Waals surface area contributed by atoms with Crippen LogP contribution in [0, 0.1) is 5.41 Å². The first-order valence-electron chi connectivity index (χ1n) is 10.4. The maximum absolute atomic E-state index is 12.3. The summed E-state index contributed by atoms with van der Waals surface area (Å²) in [7, 11) is 0. The quantitative estimate of drug-likeness (QED) is 0.804. The molecule has 30 heavy (non-hydrogen) atoms. The summed E-state index contributed by atoms with van der Waals surface area (Å²) < 4.78 is 11.3. The number of rotatable bonds is 2. The molecule has 3 aliphatic rings. The Bertz CT molecular complexity index is 914. The van der Waals surface area contributed by atoms with Gasteiger partial charge in [0.15, 0.2) is 5.84 Å². The zero-order chi connectivity index (χ0) is 21.8. The number of amidine groups is 1. The normalized spacial score (nSPS) is 23.2. The third-order valence-corrected chi connectivity index (χ3v) is 6.24. The van der Waals surface area contributed by atoms with E-state index in [9.17, 15) is 9.59 Å². The number of hydrogen-bond donors (Lipinski definition) is 1. The first kappa shape index (κ1) is 20.5. The number of nitrogens with zero attached hydrogens (tertiary/aromatic N) is 3. The highest BCUT2D eigenvalue weighted by Gasteiger charge is 2.47. The summed E-state index contributed by atoms with van der Waals surface area (Å²) in [5.74, 6) is 1.52. The number of nitrogens with one attached hydrogen (secondary N) is 1. The van der Waals surface area contributed by atoms with Crippen LogP contribution in [-0.2, 0) is 9.53 Å². The predicted molar refractivity (Wildman–Crippen MR) is 114 cm³/mol. The smallest absolute Gasteiger partial charge is 0.410 e. The zero-order valence-electron chi connectivity index (χ0n) is 18.5. The minimum absolute atomic E-state index is 0.0531. The molecule has 4 rings (SSSR count). The van der Waals surface area contributed by atoms with E-state index in [1.807, 2.05) is 38.7 Å². The van der Waals surface area contributed by atoms with Gasteiger partial charge in [-0.05, 0) is 51.3 Å². The summed E-state index contributed by atoms with van der Waals surface area (Å²) in [6.07, 6.45) is -0.264. The summed E-state index contributed by atoms with van der Waals surface area (Å²) >= 11 is 0. The molecule has 1 fully saturated rings. The molecule has 0 aromatic heterocycles. The van der Waals surface area contributed by atoms with Crippen molar-refractivity contribution in [2.75, 3.05) is 24.6 Å². The Morgan fingerprint density at radius 3 is 2.73 bits per heavy atom. The van der Waals surface area contributed by atoms with Crippen LogP contribution in [-0.4, -0.2) is 54.1 Å². The van der Waals surface area contributed by atoms with Gasteiger partial charge in [-0.3, -0.25) is 4.79 Å². The highest BCUT2D eigenvalue weighted by atomic mass is 16.6. The van der Waals surface area contributed by atoms with Crippen LogP contribution in [0.25, 0.3) is 0 Å². The molecule has 3 aliphatic heterocycles. The number of amides is 2. The molecule has 1 N–H and O–H groups in total. The van der Waals surface area contributed by atoms with E-state index in [1.165, 1.54) is 0 Å². The van der Waals surface area contributed by atoms with Gasteiger partial charge in [-0.15, -0.1) is 0 Å². The van der Waals surface area contributed by atoms with E-state index in [-0.39, 0.29) is 29.4 Å². The van der Waals surface area contributed by atoms with Crippen molar-refractivity contribution in [3.63, 3.8) is 0 Å². The van der Waals surface area contributed by atoms with Crippen LogP contribution < -0.4 is 15.1 Å². The third-order valence-electron chi connectivity index (χ3n) is 6.24. The largest absolute Gasteiger partial charge is 0.483 e. The van der Waals surface area contributed by atoms with Gasteiger partial charge in [-0.2, -0.15) is 5.10 Å². The van der Waals surface area contributed by atoms with Crippen molar-refractivity contribution < 1.29 is 19.1 Å². The van der Waals surface area contributed by atoms with Crippen molar-refractivity contribution in [2.24, 2.45) is 10.5 Å². The number of carbonyl (C=O) groups is 2. The SMILES string of the molecule is CC1C(=O)NN=C2COc3ccc(C(C)C4(C)CN(C(=O)OC(C)(C)C)C4)cc3N21. The van der Waals surface area contributed by atoms with Crippen molar-refractivity contribution in [3.8, 4) is 5.75 Å². The van der Waals surface area contributed by atoms with E-state index in [1.54, 1.807) is 4.90 Å². The Kier molecular flexibility index (Phi) is 4.71. The molecule has 162 valence electrons. The first-order valence-corrected chi connectivity index (χ1v) is 10.4. The molecule has 8 nitrogen and oxygen atoms in total. The fraction of sp³-hybridized carbons (Fsp3) is 0.591. The highest BCUT2D eigenvalue weighted by Crippen LogP contribution is 2.46. The molecule has 1 aromatic rings. The molecule has 0 spiro atoms. The number of likely N-dealkylation sites (tertiary alicyclic amines) is 1. The van der Waals surface area contributed by atoms with Gasteiger partial charge in [-0.1, -0.05) is 19.9 Å². The van der Waals surface area contributed by atoms with Gasteiger partial charge >= 0.3 is 6.09 Å². The van der Waals surface area contributed by atoms with Gasteiger partial charge in [0.2, 0.25) is 0 Å². The molecular formula is C22H30N4O4. The lowest BCUT2D eigenvalue weighted by Crippen LogP contribution is -2.59. The Hall–Kier alpha value is -2.77. The number of fused-ring (bicyclic) bond motifs is 3. The van der Waals surface area contributed by atoms with E-state index >= 15 is 0 Å². The van der Waals surface area contributed by atoms with Crippen molar-refractivity contribution in [3.05, 3.63) is 23.8 Å². The number of anilines is 1. The molecule has 1 saturated heterocycles. The van der Waals surface area contributed by atoms with E-state index in [0.29, 0.717) is 25.5 Å². The fourth-order valence-electron chi connectivity index (χ4n) is 4.27. The van der Waals surface area contributed by atoms with E-state index in [4.69, 9.17) is 9.47 Å². The number of carbonyl (C=O) groups excluding carboxylic acids is 2. The van der Waals surface area contributed by atoms with Gasteiger partial charge in [-0.25, -0.2) is 10.2 Å². The van der Waals surface area contributed by atoms with Crippen LogP contribution in [0.5, 0.6) is 5.75 Å². The fourth-order valence-corrected chi connectivity index (χ4v) is 4.27. The van der Waals surface area contributed by atoms with Crippen molar-refractivity contribution in [2.45, 2.75) is 59.1 Å². The standard InChI is InChI=1S/C22H30N4O4/c1-13(22(6)11-25(12-22)20(28)30-21(3,4)5)15-7-8-17-16(9-15)26-14(2)19(27)24-23-18(26)10-29-17/h7-9,13-14H,10-12H2,1-6H3,(H,24,27). The molecule has 3 heterocycles. The zero-order valence-corrected chi connectivity index (χ0v) is 18.5. The molecular weight excluding hydrogens is 384 g/mol. The van der Waals surface area contributed by atoms with Gasteiger partial charge in [0.25, 0.3) is 5.91 Å². The van der Waals surface area contributed by atoms with Gasteiger partial charge in [0.05, 0.1) is 5.69 Å². The molecule has 2 atom stereocenters. The van der Waals surface area contributed by atoms with E-state index in [2.05, 4.69) is 36.5 Å². The van der Waals surface area contributed by atoms with Crippen molar-refractivity contribution in [1.82, 2.24) is 10.3 Å². The second-order valence-electron chi connectivity index (χ2n) is 9.78. The van der Waals surface area contributed by atoms with Gasteiger partial charge < -0.3 is 19.3 Å². The molecule has 0 radical (unpaired) electrons. The molecule has 0 aliphatic carbocycles. The number of benzene rings is 1. The van der Waals surface area contributed by atoms with Gasteiger partial charge in [0, 0.05) is 18.5 Å². The second kappa shape index (κ2) is 6.89. The monoisotopic (exact) mass is 414 g/mol. The Balaban J connectivity index is 1.53. The summed E-state index contributed by atoms with van der Waals surface area (Å²) in [4.78, 5) is 28.2. The van der Waals surface area contributed by atoms with Crippen molar-refractivity contribution >= 4 is 23.5 Å². The number of hydrazone groups is 1. The summed E-state index contributed by atoms with van der Waals surface area (Å²) in [6.45, 7) is 13.5. The Morgan fingerprint density at radius 2 is 2.07 bits per heavy atom. The van der Waals surface area contributed by atoms with Crippen LogP contribution >= 0.6 is 0 Å². The van der Waals surface area contributed by atoms with Crippen LogP contribution in [0.15, 0.2) is 23.3 Å². The predicted octanol–water partition coefficient (Wildman–Crippen LogP) is 3.08. The summed E-state index contributed by atoms with van der Waals surface area (Å²) in [5.41, 5.74) is 4.00. The van der Waals surface area contributed by atoms with Crippen LogP contribution in [0.4, 0.5) is 10.5 Å². The Labute approximate surface area is 177 Å². The highest BCUT2D eigenvalue weighted by molar-refractivity contribution is 6.09. The van der Waals surface area contributed by atoms with Crippen molar-refractivity contribution in [1.29, 1.82) is 0 Å². The van der Waals surface area contributed by atoms with Gasteiger partial charge in [0.1, 0.15) is 24.0 Å². The topological polar surface area (TPSA) is 83.5 Å². The lowest BCUT2D eigenvalue weighted by molar-refractivity contribution is -0.122. The number of hydrogen-bond acceptors (Lipinski definition) is 6. The Morgan fingerprint density at radius 1 is 1.37 bits per heavy atom. The maximum Gasteiger partial charge on any atom is 0.410 e. The van der Waals surface area contributed by atoms with Crippen LogP contribution in [0.3, 0.4) is 0 Å². The second-order valence-corrected chi connectivity index (χ2v) is 9.78. The lowest BCUT2D eigenvalue weighted by atomic mass is 9.69. The van der Waals surface area contributed by atoms with E-state index in [0.717, 1.165) is 17.0 Å². The first-order chi connectivity index (χ1) is 14.0. The minimum atomic E-state index is -0.496.